The Bertz CT molecular complexity index is 650. The van der Waals surface area contributed by atoms with Crippen LogP contribution in [0.25, 0.3) is 0 Å². The average Bonchev–Trinajstić information content (AvgIpc) is 3.10. The fourth-order valence-electron chi connectivity index (χ4n) is 3.09. The van der Waals surface area contributed by atoms with Gasteiger partial charge in [-0.1, -0.05) is 15.9 Å². The molecule has 1 aliphatic heterocycles. The quantitative estimate of drug-likeness (QED) is 0.903. The number of hydrogen-bond acceptors (Lipinski definition) is 2. The SMILES string of the molecule is Cn1cccc1[C@H]1CCCN1CC(=O)Nc1ccc(Br)cc1. The Morgan fingerprint density at radius 3 is 2.77 bits per heavy atom. The van der Waals surface area contributed by atoms with Gasteiger partial charge in [-0.15, -0.1) is 0 Å². The van der Waals surface area contributed by atoms with Crippen molar-refractivity contribution < 1.29 is 4.79 Å². The van der Waals surface area contributed by atoms with Crippen LogP contribution >= 0.6 is 15.9 Å². The largest absolute Gasteiger partial charge is 0.353 e. The number of benzene rings is 1. The van der Waals surface area contributed by atoms with Crippen molar-refractivity contribution in [1.29, 1.82) is 0 Å². The topological polar surface area (TPSA) is 37.3 Å². The highest BCUT2D eigenvalue weighted by atomic mass is 79.9. The number of likely N-dealkylation sites (tertiary alicyclic amines) is 1. The molecule has 1 atom stereocenters. The third kappa shape index (κ3) is 3.42. The van der Waals surface area contributed by atoms with E-state index >= 15 is 0 Å². The second-order valence-electron chi connectivity index (χ2n) is 5.73. The molecule has 1 amide bonds. The number of amides is 1. The van der Waals surface area contributed by atoms with Gasteiger partial charge in [0.25, 0.3) is 0 Å². The van der Waals surface area contributed by atoms with E-state index in [9.17, 15) is 4.79 Å². The number of hydrogen-bond donors (Lipinski definition) is 1. The second kappa shape index (κ2) is 6.67. The van der Waals surface area contributed by atoms with Crippen molar-refractivity contribution in [3.63, 3.8) is 0 Å². The number of aromatic nitrogens is 1. The number of aryl methyl sites for hydroxylation is 1. The zero-order valence-electron chi connectivity index (χ0n) is 12.6. The molecule has 1 aromatic heterocycles. The maximum absolute atomic E-state index is 12.3. The van der Waals surface area contributed by atoms with Gasteiger partial charge in [-0.2, -0.15) is 0 Å². The maximum Gasteiger partial charge on any atom is 0.238 e. The van der Waals surface area contributed by atoms with Gasteiger partial charge in [-0.05, 0) is 55.8 Å². The van der Waals surface area contributed by atoms with Gasteiger partial charge < -0.3 is 9.88 Å². The number of halogens is 1. The monoisotopic (exact) mass is 361 g/mol. The van der Waals surface area contributed by atoms with Gasteiger partial charge in [0.2, 0.25) is 5.91 Å². The molecule has 116 valence electrons. The van der Waals surface area contributed by atoms with E-state index in [2.05, 4.69) is 56.1 Å². The number of rotatable bonds is 4. The molecule has 0 unspecified atom stereocenters. The fourth-order valence-corrected chi connectivity index (χ4v) is 3.35. The molecular formula is C17H20BrN3O. The number of nitrogens with zero attached hydrogens (tertiary/aromatic N) is 2. The minimum atomic E-state index is 0.0448. The first-order chi connectivity index (χ1) is 10.6. The van der Waals surface area contributed by atoms with Crippen LogP contribution in [0.3, 0.4) is 0 Å². The Kier molecular flexibility index (Phi) is 4.64. The Morgan fingerprint density at radius 1 is 1.32 bits per heavy atom. The average molecular weight is 362 g/mol. The van der Waals surface area contributed by atoms with Gasteiger partial charge in [0.15, 0.2) is 0 Å². The molecule has 2 heterocycles. The van der Waals surface area contributed by atoms with E-state index in [1.807, 2.05) is 24.3 Å². The lowest BCUT2D eigenvalue weighted by Gasteiger charge is -2.24. The van der Waals surface area contributed by atoms with Gasteiger partial charge in [0, 0.05) is 29.1 Å². The number of anilines is 1. The molecule has 0 radical (unpaired) electrons. The standard InChI is InChI=1S/C17H20BrN3O/c1-20-10-2-4-15(20)16-5-3-11-21(16)12-17(22)19-14-8-6-13(18)7-9-14/h2,4,6-10,16H,3,5,11-12H2,1H3,(H,19,22)/t16-/m1/s1. The normalized spacial score (nSPS) is 18.5. The second-order valence-corrected chi connectivity index (χ2v) is 6.64. The summed E-state index contributed by atoms with van der Waals surface area (Å²) >= 11 is 3.40. The summed E-state index contributed by atoms with van der Waals surface area (Å²) in [5.74, 6) is 0.0448. The lowest BCUT2D eigenvalue weighted by atomic mass is 10.1. The zero-order chi connectivity index (χ0) is 15.5. The summed E-state index contributed by atoms with van der Waals surface area (Å²) in [5, 5.41) is 2.97. The highest BCUT2D eigenvalue weighted by molar-refractivity contribution is 9.10. The third-order valence-corrected chi connectivity index (χ3v) is 4.69. The first-order valence-electron chi connectivity index (χ1n) is 7.54. The highest BCUT2D eigenvalue weighted by Crippen LogP contribution is 2.31. The summed E-state index contributed by atoms with van der Waals surface area (Å²) in [5.41, 5.74) is 2.12. The Balaban J connectivity index is 1.63. The molecule has 0 aliphatic carbocycles. The van der Waals surface area contributed by atoms with Crippen molar-refractivity contribution >= 4 is 27.5 Å². The van der Waals surface area contributed by atoms with Crippen molar-refractivity contribution in [2.45, 2.75) is 18.9 Å². The fraction of sp³-hybridized carbons (Fsp3) is 0.353. The van der Waals surface area contributed by atoms with Crippen LogP contribution < -0.4 is 5.32 Å². The van der Waals surface area contributed by atoms with Crippen molar-refractivity contribution in [3.8, 4) is 0 Å². The summed E-state index contributed by atoms with van der Waals surface area (Å²) in [6.07, 6.45) is 4.32. The molecule has 0 bridgehead atoms. The van der Waals surface area contributed by atoms with E-state index < -0.39 is 0 Å². The third-order valence-electron chi connectivity index (χ3n) is 4.16. The maximum atomic E-state index is 12.3. The first-order valence-corrected chi connectivity index (χ1v) is 8.33. The van der Waals surface area contributed by atoms with Gasteiger partial charge in [-0.25, -0.2) is 0 Å². The van der Waals surface area contributed by atoms with Gasteiger partial charge >= 0.3 is 0 Å². The van der Waals surface area contributed by atoms with Crippen LogP contribution in [0.4, 0.5) is 5.69 Å². The Morgan fingerprint density at radius 2 is 2.09 bits per heavy atom. The van der Waals surface area contributed by atoms with E-state index in [4.69, 9.17) is 0 Å². The van der Waals surface area contributed by atoms with E-state index in [0.717, 1.165) is 29.5 Å². The molecule has 3 rings (SSSR count). The molecule has 2 aromatic rings. The molecule has 1 aromatic carbocycles. The summed E-state index contributed by atoms with van der Waals surface area (Å²) < 4.78 is 3.16. The molecule has 1 saturated heterocycles. The molecule has 0 spiro atoms. The van der Waals surface area contributed by atoms with Crippen LogP contribution in [-0.2, 0) is 11.8 Å². The molecule has 5 heteroatoms. The Labute approximate surface area is 139 Å². The number of carbonyl (C=O) groups excluding carboxylic acids is 1. The van der Waals surface area contributed by atoms with Crippen molar-refractivity contribution in [1.82, 2.24) is 9.47 Å². The first kappa shape index (κ1) is 15.3. The molecule has 1 N–H and O–H groups in total. The smallest absolute Gasteiger partial charge is 0.238 e. The molecule has 22 heavy (non-hydrogen) atoms. The highest BCUT2D eigenvalue weighted by Gasteiger charge is 2.28. The van der Waals surface area contributed by atoms with Crippen LogP contribution in [0.5, 0.6) is 0 Å². The van der Waals surface area contributed by atoms with Crippen LogP contribution in [0, 0.1) is 0 Å². The predicted octanol–water partition coefficient (Wildman–Crippen LogP) is 3.56. The molecule has 1 aliphatic rings. The van der Waals surface area contributed by atoms with Crippen molar-refractivity contribution in [2.24, 2.45) is 7.05 Å². The molecule has 1 fully saturated rings. The molecular weight excluding hydrogens is 342 g/mol. The number of carbonyl (C=O) groups is 1. The molecule has 4 nitrogen and oxygen atoms in total. The lowest BCUT2D eigenvalue weighted by Crippen LogP contribution is -2.33. The summed E-state index contributed by atoms with van der Waals surface area (Å²) in [6, 6.07) is 12.2. The van der Waals surface area contributed by atoms with Crippen LogP contribution in [0.15, 0.2) is 47.1 Å². The number of nitrogens with one attached hydrogen (secondary N) is 1. The molecule has 0 saturated carbocycles. The van der Waals surface area contributed by atoms with Crippen LogP contribution in [-0.4, -0.2) is 28.5 Å². The van der Waals surface area contributed by atoms with Crippen LogP contribution in [0.1, 0.15) is 24.6 Å². The van der Waals surface area contributed by atoms with Gasteiger partial charge in [0.05, 0.1) is 12.6 Å². The van der Waals surface area contributed by atoms with E-state index in [0.29, 0.717) is 12.6 Å². The van der Waals surface area contributed by atoms with Crippen molar-refractivity contribution in [2.75, 3.05) is 18.4 Å². The Hall–Kier alpha value is -1.59. The van der Waals surface area contributed by atoms with Crippen LogP contribution in [0.2, 0.25) is 0 Å². The lowest BCUT2D eigenvalue weighted by molar-refractivity contribution is -0.117. The van der Waals surface area contributed by atoms with E-state index in [1.165, 1.54) is 5.69 Å². The van der Waals surface area contributed by atoms with E-state index in [-0.39, 0.29) is 5.91 Å². The van der Waals surface area contributed by atoms with E-state index in [1.54, 1.807) is 0 Å². The minimum absolute atomic E-state index is 0.0448. The minimum Gasteiger partial charge on any atom is -0.353 e. The summed E-state index contributed by atoms with van der Waals surface area (Å²) in [6.45, 7) is 1.41. The predicted molar refractivity (Wildman–Crippen MR) is 91.7 cm³/mol. The summed E-state index contributed by atoms with van der Waals surface area (Å²) in [4.78, 5) is 14.5. The summed E-state index contributed by atoms with van der Waals surface area (Å²) in [7, 11) is 2.06. The van der Waals surface area contributed by atoms with Crippen molar-refractivity contribution in [3.05, 3.63) is 52.8 Å². The van der Waals surface area contributed by atoms with Gasteiger partial charge in [0.1, 0.15) is 0 Å². The zero-order valence-corrected chi connectivity index (χ0v) is 14.2. The van der Waals surface area contributed by atoms with Gasteiger partial charge in [-0.3, -0.25) is 9.69 Å².